The third kappa shape index (κ3) is 7.94. The number of nitrogens with zero attached hydrogens (tertiary/aromatic N) is 3. The molecule has 0 unspecified atom stereocenters. The van der Waals surface area contributed by atoms with Crippen LogP contribution in [0.15, 0.2) is 66.9 Å². The van der Waals surface area contributed by atoms with Gasteiger partial charge in [-0.2, -0.15) is 0 Å². The van der Waals surface area contributed by atoms with Gasteiger partial charge in [-0.05, 0) is 85.1 Å². The molecule has 234 valence electrons. The number of aromatic nitrogens is 1. The Bertz CT molecular complexity index is 1510. The molecule has 3 heterocycles. The lowest BCUT2D eigenvalue weighted by Gasteiger charge is -2.39. The first-order chi connectivity index (χ1) is 20.8. The summed E-state index contributed by atoms with van der Waals surface area (Å²) in [5.41, 5.74) is 2.01. The molecule has 3 aromatic rings. The van der Waals surface area contributed by atoms with E-state index in [1.807, 2.05) is 6.08 Å². The fourth-order valence-electron chi connectivity index (χ4n) is 5.56. The van der Waals surface area contributed by atoms with Gasteiger partial charge in [-0.25, -0.2) is 9.78 Å². The Balaban J connectivity index is 1.26. The molecule has 1 spiro atoms. The van der Waals surface area contributed by atoms with Gasteiger partial charge in [0.25, 0.3) is 0 Å². The second kappa shape index (κ2) is 12.6. The van der Waals surface area contributed by atoms with E-state index >= 15 is 0 Å². The molecule has 1 fully saturated rings. The molecule has 7 nitrogen and oxygen atoms in total. The van der Waals surface area contributed by atoms with E-state index in [0.29, 0.717) is 49.3 Å². The average molecular weight is 641 g/mol. The summed E-state index contributed by atoms with van der Waals surface area (Å²) in [5, 5.41) is 3.14. The van der Waals surface area contributed by atoms with Crippen LogP contribution in [0.5, 0.6) is 11.5 Å². The first-order valence-electron chi connectivity index (χ1n) is 13.6. The monoisotopic (exact) mass is 640 g/mol. The van der Waals surface area contributed by atoms with Crippen LogP contribution < -0.4 is 19.7 Å². The summed E-state index contributed by atoms with van der Waals surface area (Å²) < 4.78 is 84.3. The zero-order chi connectivity index (χ0) is 31.5. The molecule has 2 aromatic carbocycles. The van der Waals surface area contributed by atoms with Crippen LogP contribution in [0.4, 0.5) is 36.8 Å². The molecule has 0 radical (unpaired) electrons. The largest absolute Gasteiger partial charge is 0.573 e. The van der Waals surface area contributed by atoms with Crippen molar-refractivity contribution < 1.29 is 40.6 Å². The van der Waals surface area contributed by atoms with Crippen molar-refractivity contribution in [1.29, 1.82) is 0 Å². The number of carbonyl (C=O) groups excluding carboxylic acids is 1. The Labute approximate surface area is 254 Å². The molecule has 1 saturated heterocycles. The fourth-order valence-corrected chi connectivity index (χ4v) is 5.76. The third-order valence-electron chi connectivity index (χ3n) is 7.61. The van der Waals surface area contributed by atoms with Gasteiger partial charge in [0.2, 0.25) is 0 Å². The number of benzene rings is 2. The zero-order valence-electron chi connectivity index (χ0n) is 23.1. The summed E-state index contributed by atoms with van der Waals surface area (Å²) in [7, 11) is 0. The number of hydrogen-bond acceptors (Lipinski definition) is 5. The number of fused-ring (bicyclic) bond motifs is 2. The molecule has 2 aliphatic rings. The molecule has 5 rings (SSSR count). The number of hydrogen-bond donors (Lipinski definition) is 1. The molecular formula is C30H27ClF6N4O3. The van der Waals surface area contributed by atoms with E-state index < -0.39 is 24.2 Å². The van der Waals surface area contributed by atoms with E-state index in [2.05, 4.69) is 24.7 Å². The van der Waals surface area contributed by atoms with E-state index in [1.165, 1.54) is 48.7 Å². The maximum Gasteiger partial charge on any atom is 0.573 e. The number of halogens is 7. The summed E-state index contributed by atoms with van der Waals surface area (Å²) in [4.78, 5) is 20.9. The van der Waals surface area contributed by atoms with Crippen molar-refractivity contribution in [2.45, 2.75) is 37.5 Å². The Kier molecular flexibility index (Phi) is 8.98. The summed E-state index contributed by atoms with van der Waals surface area (Å²) in [6, 6.07) is 12.5. The number of alkyl halides is 6. The van der Waals surface area contributed by atoms with Crippen LogP contribution in [-0.2, 0) is 12.0 Å². The fraction of sp³-hybridized carbons (Fsp3) is 0.333. The number of rotatable bonds is 7. The average Bonchev–Trinajstić information content (AvgIpc) is 3.25. The first kappa shape index (κ1) is 31.5. The van der Waals surface area contributed by atoms with Gasteiger partial charge < -0.3 is 14.8 Å². The Morgan fingerprint density at radius 1 is 0.955 bits per heavy atom. The van der Waals surface area contributed by atoms with Crippen molar-refractivity contribution in [3.63, 3.8) is 0 Å². The highest BCUT2D eigenvalue weighted by atomic mass is 35.5. The van der Waals surface area contributed by atoms with E-state index in [9.17, 15) is 31.1 Å². The van der Waals surface area contributed by atoms with Crippen molar-refractivity contribution in [3.05, 3.63) is 88.7 Å². The molecule has 0 atom stereocenters. The van der Waals surface area contributed by atoms with Crippen LogP contribution in [0.25, 0.3) is 6.08 Å². The second-order valence-corrected chi connectivity index (χ2v) is 10.9. The number of urea groups is 1. The normalized spacial score (nSPS) is 16.8. The first-order valence-corrected chi connectivity index (χ1v) is 14.0. The van der Waals surface area contributed by atoms with E-state index in [4.69, 9.17) is 11.6 Å². The smallest absolute Gasteiger partial charge is 0.406 e. The van der Waals surface area contributed by atoms with Crippen LogP contribution in [0, 0.1) is 0 Å². The van der Waals surface area contributed by atoms with E-state index in [1.54, 1.807) is 23.1 Å². The molecular weight excluding hydrogens is 614 g/mol. The number of pyridine rings is 1. The third-order valence-corrected chi connectivity index (χ3v) is 7.81. The van der Waals surface area contributed by atoms with Gasteiger partial charge in [0.1, 0.15) is 16.7 Å². The van der Waals surface area contributed by atoms with E-state index in [-0.39, 0.29) is 29.7 Å². The lowest BCUT2D eigenvalue weighted by Crippen LogP contribution is -2.47. The van der Waals surface area contributed by atoms with Crippen molar-refractivity contribution >= 4 is 29.4 Å². The van der Waals surface area contributed by atoms with Crippen molar-refractivity contribution in [3.8, 4) is 11.5 Å². The van der Waals surface area contributed by atoms with Crippen molar-refractivity contribution in [2.75, 3.05) is 31.1 Å². The second-order valence-electron chi connectivity index (χ2n) is 10.6. The summed E-state index contributed by atoms with van der Waals surface area (Å²) in [6.07, 6.45) is -3.25. The quantitative estimate of drug-likeness (QED) is 0.217. The molecule has 1 N–H and O–H groups in total. The van der Waals surface area contributed by atoms with Crippen molar-refractivity contribution in [2.24, 2.45) is 0 Å². The maximum atomic E-state index is 13.3. The SMILES string of the molecule is O=C(NCc1ccnc(Cl)c1)N1CC2(CCN(CC=Cc3ccc(OC(F)(F)F)cc3)CC2)c2cc(OC(F)(F)F)ccc21. The van der Waals surface area contributed by atoms with Gasteiger partial charge in [-0.15, -0.1) is 26.3 Å². The Morgan fingerprint density at radius 2 is 1.61 bits per heavy atom. The predicted octanol–water partition coefficient (Wildman–Crippen LogP) is 7.31. The lowest BCUT2D eigenvalue weighted by atomic mass is 9.74. The van der Waals surface area contributed by atoms with Crippen LogP contribution in [0.2, 0.25) is 5.15 Å². The summed E-state index contributed by atoms with van der Waals surface area (Å²) in [5.74, 6) is -0.651. The van der Waals surface area contributed by atoms with Gasteiger partial charge in [-0.1, -0.05) is 35.9 Å². The highest BCUT2D eigenvalue weighted by molar-refractivity contribution is 6.29. The molecule has 2 aliphatic heterocycles. The predicted molar refractivity (Wildman–Crippen MR) is 151 cm³/mol. The highest BCUT2D eigenvalue weighted by Gasteiger charge is 2.47. The number of likely N-dealkylation sites (tertiary alicyclic amines) is 1. The Morgan fingerprint density at radius 3 is 2.27 bits per heavy atom. The van der Waals surface area contributed by atoms with Crippen LogP contribution in [0.3, 0.4) is 0 Å². The number of piperidine rings is 1. The van der Waals surface area contributed by atoms with Crippen LogP contribution >= 0.6 is 11.6 Å². The van der Waals surface area contributed by atoms with Gasteiger partial charge in [-0.3, -0.25) is 9.80 Å². The standard InChI is InChI=1S/C30H27ClF6N4O3/c31-26-16-21(9-12-38-26)18-39-27(42)41-19-28(24-17-23(7-8-25(24)41)44-30(35,36)37)10-14-40(15-11-28)13-1-2-20-3-5-22(6-4-20)43-29(32,33)34/h1-9,12,16-17H,10-11,13-15,18-19H2,(H,39,42). The molecule has 0 bridgehead atoms. The van der Waals surface area contributed by atoms with Crippen LogP contribution in [-0.4, -0.2) is 54.8 Å². The molecule has 2 amide bonds. The zero-order valence-corrected chi connectivity index (χ0v) is 23.8. The number of nitrogens with one attached hydrogen (secondary N) is 1. The highest BCUT2D eigenvalue weighted by Crippen LogP contribution is 2.48. The number of amides is 2. The summed E-state index contributed by atoms with van der Waals surface area (Å²) in [6.45, 7) is 2.25. The maximum absolute atomic E-state index is 13.3. The van der Waals surface area contributed by atoms with Gasteiger partial charge >= 0.3 is 18.8 Å². The number of ether oxygens (including phenoxy) is 2. The topological polar surface area (TPSA) is 66.9 Å². The molecule has 14 heteroatoms. The van der Waals surface area contributed by atoms with Gasteiger partial charge in [0, 0.05) is 36.9 Å². The van der Waals surface area contributed by atoms with Gasteiger partial charge in [0.05, 0.1) is 0 Å². The van der Waals surface area contributed by atoms with E-state index in [0.717, 1.165) is 5.56 Å². The molecule has 44 heavy (non-hydrogen) atoms. The summed E-state index contributed by atoms with van der Waals surface area (Å²) >= 11 is 5.94. The Hall–Kier alpha value is -3.97. The molecule has 1 aromatic heterocycles. The minimum absolute atomic E-state index is 0.188. The lowest BCUT2D eigenvalue weighted by molar-refractivity contribution is -0.275. The van der Waals surface area contributed by atoms with Gasteiger partial charge in [0.15, 0.2) is 0 Å². The minimum atomic E-state index is -4.86. The molecule has 0 aliphatic carbocycles. The van der Waals surface area contributed by atoms with Crippen molar-refractivity contribution in [1.82, 2.24) is 15.2 Å². The minimum Gasteiger partial charge on any atom is -0.406 e. The van der Waals surface area contributed by atoms with Crippen LogP contribution in [0.1, 0.15) is 29.5 Å². The molecule has 0 saturated carbocycles. The number of anilines is 1. The number of carbonyl (C=O) groups is 1.